The number of fused-ring (bicyclic) bond motifs is 1. The van der Waals surface area contributed by atoms with E-state index in [0.717, 1.165) is 10.0 Å². The number of ether oxygens (including phenoxy) is 1. The molecule has 0 heterocycles. The summed E-state index contributed by atoms with van der Waals surface area (Å²) in [5.74, 6) is 0. The molecule has 0 unspecified atom stereocenters. The first kappa shape index (κ1) is 10.2. The van der Waals surface area contributed by atoms with Crippen LogP contribution < -0.4 is 0 Å². The Morgan fingerprint density at radius 1 is 1.20 bits per heavy atom. The molecule has 0 radical (unpaired) electrons. The van der Waals surface area contributed by atoms with E-state index < -0.39 is 0 Å². The van der Waals surface area contributed by atoms with Gasteiger partial charge in [0.2, 0.25) is 0 Å². The van der Waals surface area contributed by atoms with Gasteiger partial charge in [0.05, 0.1) is 13.4 Å². The molecule has 0 saturated carbocycles. The molecule has 1 nitrogen and oxygen atoms in total. The number of methoxy groups -OCH3 is 1. The molecule has 76 valence electrons. The smallest absolute Gasteiger partial charge is 0.0830 e. The molecule has 0 amide bonds. The highest BCUT2D eigenvalue weighted by atomic mass is 79.9. The van der Waals surface area contributed by atoms with Gasteiger partial charge < -0.3 is 4.74 Å². The third-order valence-corrected chi connectivity index (χ3v) is 2.94. The fourth-order valence-electron chi connectivity index (χ4n) is 1.51. The van der Waals surface area contributed by atoms with Crippen LogP contribution in [0.15, 0.2) is 47.1 Å². The molecule has 0 spiro atoms. The van der Waals surface area contributed by atoms with Gasteiger partial charge in [-0.1, -0.05) is 40.2 Å². The third-order valence-electron chi connectivity index (χ3n) is 2.25. The molecule has 0 aliphatic rings. The highest BCUT2D eigenvalue weighted by Gasteiger charge is 1.97. The first-order chi connectivity index (χ1) is 7.31. The molecule has 0 fully saturated rings. The van der Waals surface area contributed by atoms with E-state index in [1.54, 1.807) is 13.4 Å². The maximum absolute atomic E-state index is 4.89. The van der Waals surface area contributed by atoms with Crippen molar-refractivity contribution >= 4 is 32.8 Å². The van der Waals surface area contributed by atoms with E-state index in [1.807, 2.05) is 18.2 Å². The predicted molar refractivity (Wildman–Crippen MR) is 67.7 cm³/mol. The number of hydrogen-bond acceptors (Lipinski definition) is 1. The van der Waals surface area contributed by atoms with Crippen LogP contribution in [-0.4, -0.2) is 7.11 Å². The lowest BCUT2D eigenvalue weighted by molar-refractivity contribution is 0.341. The molecule has 0 atom stereocenters. The molecule has 0 N–H and O–H groups in total. The lowest BCUT2D eigenvalue weighted by atomic mass is 10.1. The topological polar surface area (TPSA) is 9.23 Å². The summed E-state index contributed by atoms with van der Waals surface area (Å²) in [7, 11) is 1.65. The average Bonchev–Trinajstić information content (AvgIpc) is 2.26. The van der Waals surface area contributed by atoms with Gasteiger partial charge in [-0.15, -0.1) is 0 Å². The summed E-state index contributed by atoms with van der Waals surface area (Å²) in [6, 6.07) is 12.5. The summed E-state index contributed by atoms with van der Waals surface area (Å²) < 4.78 is 6.02. The zero-order valence-corrected chi connectivity index (χ0v) is 9.99. The Kier molecular flexibility index (Phi) is 3.07. The Hall–Kier alpha value is -1.28. The van der Waals surface area contributed by atoms with Crippen LogP contribution in [0.2, 0.25) is 0 Å². The van der Waals surface area contributed by atoms with Crippen LogP contribution in [0, 0.1) is 0 Å². The van der Waals surface area contributed by atoms with Crippen molar-refractivity contribution in [2.45, 2.75) is 0 Å². The molecule has 2 aromatic rings. The second kappa shape index (κ2) is 4.49. The van der Waals surface area contributed by atoms with Crippen LogP contribution in [-0.2, 0) is 4.74 Å². The minimum atomic E-state index is 1.13. The third kappa shape index (κ3) is 2.21. The zero-order valence-electron chi connectivity index (χ0n) is 8.41. The van der Waals surface area contributed by atoms with Crippen molar-refractivity contribution in [2.24, 2.45) is 0 Å². The van der Waals surface area contributed by atoms with Crippen LogP contribution in [0.3, 0.4) is 0 Å². The summed E-state index contributed by atoms with van der Waals surface area (Å²) in [5.41, 5.74) is 1.14. The van der Waals surface area contributed by atoms with Crippen LogP contribution in [0.25, 0.3) is 16.8 Å². The van der Waals surface area contributed by atoms with Crippen LogP contribution in [0.5, 0.6) is 0 Å². The normalized spacial score (nSPS) is 11.1. The summed E-state index contributed by atoms with van der Waals surface area (Å²) in [6.07, 6.45) is 3.62. The van der Waals surface area contributed by atoms with Crippen LogP contribution in [0.4, 0.5) is 0 Å². The number of rotatable bonds is 2. The molecule has 15 heavy (non-hydrogen) atoms. The second-order valence-corrected chi connectivity index (χ2v) is 4.11. The minimum Gasteiger partial charge on any atom is -0.504 e. The molecule has 0 aromatic heterocycles. The Labute approximate surface area is 97.5 Å². The van der Waals surface area contributed by atoms with Gasteiger partial charge in [0, 0.05) is 4.47 Å². The predicted octanol–water partition coefficient (Wildman–Crippen LogP) is 4.22. The van der Waals surface area contributed by atoms with Gasteiger partial charge in [-0.25, -0.2) is 0 Å². The minimum absolute atomic E-state index is 1.13. The lowest BCUT2D eigenvalue weighted by Crippen LogP contribution is -1.77. The van der Waals surface area contributed by atoms with E-state index in [-0.39, 0.29) is 0 Å². The fourth-order valence-corrected chi connectivity index (χ4v) is 2.03. The Morgan fingerprint density at radius 3 is 2.87 bits per heavy atom. The standard InChI is InChI=1S/C13H11BrO/c1-15-8-7-10-5-6-12-11(9-10)3-2-4-13(12)14/h2-9H,1H3. The number of halogens is 1. The number of hydrogen-bond donors (Lipinski definition) is 0. The van der Waals surface area contributed by atoms with Crippen molar-refractivity contribution in [1.82, 2.24) is 0 Å². The van der Waals surface area contributed by atoms with E-state index in [0.29, 0.717) is 0 Å². The molecule has 0 bridgehead atoms. The average molecular weight is 263 g/mol. The highest BCUT2D eigenvalue weighted by molar-refractivity contribution is 9.10. The molecule has 2 aromatic carbocycles. The van der Waals surface area contributed by atoms with E-state index in [9.17, 15) is 0 Å². The van der Waals surface area contributed by atoms with Gasteiger partial charge in [-0.2, -0.15) is 0 Å². The van der Waals surface area contributed by atoms with E-state index in [1.165, 1.54) is 10.8 Å². The molecule has 0 aliphatic carbocycles. The van der Waals surface area contributed by atoms with Gasteiger partial charge in [0.1, 0.15) is 0 Å². The summed E-state index contributed by atoms with van der Waals surface area (Å²) in [5, 5.41) is 2.45. The van der Waals surface area contributed by atoms with E-state index in [4.69, 9.17) is 4.74 Å². The van der Waals surface area contributed by atoms with Crippen molar-refractivity contribution in [2.75, 3.05) is 7.11 Å². The molecular weight excluding hydrogens is 252 g/mol. The van der Waals surface area contributed by atoms with E-state index >= 15 is 0 Å². The zero-order chi connectivity index (χ0) is 10.7. The van der Waals surface area contributed by atoms with Crippen molar-refractivity contribution in [3.63, 3.8) is 0 Å². The Morgan fingerprint density at radius 2 is 2.07 bits per heavy atom. The SMILES string of the molecule is COC=Cc1ccc2c(Br)cccc2c1. The molecular formula is C13H11BrO. The van der Waals surface area contributed by atoms with Crippen molar-refractivity contribution < 1.29 is 4.74 Å². The van der Waals surface area contributed by atoms with Gasteiger partial charge in [-0.05, 0) is 34.5 Å². The largest absolute Gasteiger partial charge is 0.504 e. The maximum Gasteiger partial charge on any atom is 0.0830 e. The van der Waals surface area contributed by atoms with Crippen molar-refractivity contribution in [1.29, 1.82) is 0 Å². The summed E-state index contributed by atoms with van der Waals surface area (Å²) in [6.45, 7) is 0. The molecule has 2 heteroatoms. The highest BCUT2D eigenvalue weighted by Crippen LogP contribution is 2.24. The summed E-state index contributed by atoms with van der Waals surface area (Å²) in [4.78, 5) is 0. The summed E-state index contributed by atoms with van der Waals surface area (Å²) >= 11 is 3.53. The van der Waals surface area contributed by atoms with Crippen LogP contribution in [0.1, 0.15) is 5.56 Å². The Bertz CT molecular complexity index is 503. The van der Waals surface area contributed by atoms with Crippen LogP contribution >= 0.6 is 15.9 Å². The maximum atomic E-state index is 4.89. The van der Waals surface area contributed by atoms with Gasteiger partial charge in [0.15, 0.2) is 0 Å². The first-order valence-electron chi connectivity index (χ1n) is 4.69. The first-order valence-corrected chi connectivity index (χ1v) is 5.48. The second-order valence-electron chi connectivity index (χ2n) is 3.26. The van der Waals surface area contributed by atoms with Gasteiger partial charge in [0.25, 0.3) is 0 Å². The van der Waals surface area contributed by atoms with Gasteiger partial charge >= 0.3 is 0 Å². The molecule has 0 aliphatic heterocycles. The number of benzene rings is 2. The van der Waals surface area contributed by atoms with E-state index in [2.05, 4.69) is 40.2 Å². The fraction of sp³-hybridized carbons (Fsp3) is 0.0769. The van der Waals surface area contributed by atoms with Crippen molar-refractivity contribution in [3.8, 4) is 0 Å². The van der Waals surface area contributed by atoms with Crippen molar-refractivity contribution in [3.05, 3.63) is 52.7 Å². The monoisotopic (exact) mass is 262 g/mol. The van der Waals surface area contributed by atoms with Gasteiger partial charge in [-0.3, -0.25) is 0 Å². The quantitative estimate of drug-likeness (QED) is 0.737. The Balaban J connectivity index is 2.52. The molecule has 2 rings (SSSR count). The molecule has 0 saturated heterocycles. The lowest BCUT2D eigenvalue weighted by Gasteiger charge is -2.01.